The Morgan fingerprint density at radius 1 is 1.25 bits per heavy atom. The minimum atomic E-state index is -3.80. The maximum Gasteiger partial charge on any atom is 0.242 e. The van der Waals surface area contributed by atoms with Crippen LogP contribution in [0.5, 0.6) is 5.75 Å². The molecule has 2 aromatic carbocycles. The highest BCUT2D eigenvalue weighted by atomic mass is 32.2. The maximum absolute atomic E-state index is 13.4. The normalized spacial score (nSPS) is 11.3. The van der Waals surface area contributed by atoms with Gasteiger partial charge in [0.05, 0.1) is 17.6 Å². The van der Waals surface area contributed by atoms with Gasteiger partial charge in [0.2, 0.25) is 10.0 Å². The minimum absolute atomic E-state index is 0.108. The molecule has 0 spiro atoms. The first-order chi connectivity index (χ1) is 11.4. The van der Waals surface area contributed by atoms with Crippen LogP contribution in [0.1, 0.15) is 11.1 Å². The van der Waals surface area contributed by atoms with Gasteiger partial charge in [0.1, 0.15) is 17.6 Å². The quantitative estimate of drug-likeness (QED) is 0.804. The standard InChI is InChI=1S/C17H17FN2O3S/c1-20(10-9-13-5-3-4-6-17(13)23-2)24(21,22)15-7-8-16(18)14(11-15)12-19/h3-8,11H,9-10H2,1-2H3. The van der Waals surface area contributed by atoms with Gasteiger partial charge >= 0.3 is 0 Å². The van der Waals surface area contributed by atoms with Crippen molar-refractivity contribution in [2.75, 3.05) is 20.7 Å². The lowest BCUT2D eigenvalue weighted by Gasteiger charge is -2.18. The van der Waals surface area contributed by atoms with E-state index in [0.29, 0.717) is 12.2 Å². The number of para-hydroxylation sites is 1. The molecule has 24 heavy (non-hydrogen) atoms. The van der Waals surface area contributed by atoms with Gasteiger partial charge in [-0.3, -0.25) is 0 Å². The predicted octanol–water partition coefficient (Wildman–Crippen LogP) is 2.57. The van der Waals surface area contributed by atoms with Crippen molar-refractivity contribution in [2.24, 2.45) is 0 Å². The molecule has 7 heteroatoms. The van der Waals surface area contributed by atoms with Crippen molar-refractivity contribution in [3.63, 3.8) is 0 Å². The Hall–Kier alpha value is -2.43. The van der Waals surface area contributed by atoms with Crippen LogP contribution in [0.15, 0.2) is 47.4 Å². The van der Waals surface area contributed by atoms with Crippen molar-refractivity contribution in [1.82, 2.24) is 4.31 Å². The molecular formula is C17H17FN2O3S. The molecule has 0 heterocycles. The minimum Gasteiger partial charge on any atom is -0.496 e. The van der Waals surface area contributed by atoms with Crippen LogP contribution in [-0.2, 0) is 16.4 Å². The fraction of sp³-hybridized carbons (Fsp3) is 0.235. The number of nitriles is 1. The van der Waals surface area contributed by atoms with E-state index in [4.69, 9.17) is 10.00 Å². The molecule has 0 saturated carbocycles. The zero-order chi connectivity index (χ0) is 17.7. The Morgan fingerprint density at radius 2 is 1.96 bits per heavy atom. The summed E-state index contributed by atoms with van der Waals surface area (Å²) in [5.74, 6) is -0.0510. The van der Waals surface area contributed by atoms with Crippen molar-refractivity contribution >= 4 is 10.0 Å². The molecule has 0 saturated heterocycles. The van der Waals surface area contributed by atoms with E-state index in [1.54, 1.807) is 13.2 Å². The smallest absolute Gasteiger partial charge is 0.242 e. The molecule has 126 valence electrons. The van der Waals surface area contributed by atoms with Gasteiger partial charge in [-0.25, -0.2) is 17.1 Å². The Morgan fingerprint density at radius 3 is 2.62 bits per heavy atom. The first-order valence-electron chi connectivity index (χ1n) is 7.18. The van der Waals surface area contributed by atoms with Gasteiger partial charge < -0.3 is 4.74 Å². The van der Waals surface area contributed by atoms with Crippen molar-refractivity contribution in [2.45, 2.75) is 11.3 Å². The fourth-order valence-electron chi connectivity index (χ4n) is 2.24. The number of likely N-dealkylation sites (N-methyl/N-ethyl adjacent to an activating group) is 1. The molecule has 0 aliphatic carbocycles. The van der Waals surface area contributed by atoms with Gasteiger partial charge in [0, 0.05) is 13.6 Å². The molecule has 0 aromatic heterocycles. The lowest BCUT2D eigenvalue weighted by molar-refractivity contribution is 0.406. The van der Waals surface area contributed by atoms with Crippen molar-refractivity contribution in [1.29, 1.82) is 5.26 Å². The second-order valence-electron chi connectivity index (χ2n) is 5.14. The summed E-state index contributed by atoms with van der Waals surface area (Å²) < 4.78 is 44.9. The van der Waals surface area contributed by atoms with E-state index in [1.165, 1.54) is 11.4 Å². The zero-order valence-corrected chi connectivity index (χ0v) is 14.2. The average molecular weight is 348 g/mol. The summed E-state index contributed by atoms with van der Waals surface area (Å²) in [6.07, 6.45) is 0.464. The zero-order valence-electron chi connectivity index (χ0n) is 13.4. The number of benzene rings is 2. The van der Waals surface area contributed by atoms with Gasteiger partial charge in [-0.1, -0.05) is 18.2 Å². The molecule has 2 rings (SSSR count). The summed E-state index contributed by atoms with van der Waals surface area (Å²) in [6.45, 7) is 0.224. The van der Waals surface area contributed by atoms with E-state index in [0.717, 1.165) is 23.8 Å². The lowest BCUT2D eigenvalue weighted by atomic mass is 10.1. The molecule has 0 atom stereocenters. The van der Waals surface area contributed by atoms with E-state index in [2.05, 4.69) is 0 Å². The van der Waals surface area contributed by atoms with E-state index >= 15 is 0 Å². The van der Waals surface area contributed by atoms with Gasteiger partial charge in [-0.2, -0.15) is 5.26 Å². The number of hydrogen-bond donors (Lipinski definition) is 0. The van der Waals surface area contributed by atoms with Gasteiger partial charge in [-0.05, 0) is 36.2 Å². The summed E-state index contributed by atoms with van der Waals surface area (Å²) in [5.41, 5.74) is 0.591. The molecule has 0 unspecified atom stereocenters. The van der Waals surface area contributed by atoms with Crippen LogP contribution >= 0.6 is 0 Å². The Balaban J connectivity index is 2.19. The molecule has 0 N–H and O–H groups in total. The topological polar surface area (TPSA) is 70.4 Å². The molecule has 2 aromatic rings. The van der Waals surface area contributed by atoms with Gasteiger partial charge in [0.15, 0.2) is 0 Å². The van der Waals surface area contributed by atoms with E-state index in [9.17, 15) is 12.8 Å². The average Bonchev–Trinajstić information content (AvgIpc) is 2.59. The molecule has 0 amide bonds. The molecule has 0 aliphatic rings. The van der Waals surface area contributed by atoms with Gasteiger partial charge in [-0.15, -0.1) is 0 Å². The predicted molar refractivity (Wildman–Crippen MR) is 87.6 cm³/mol. The number of methoxy groups -OCH3 is 1. The third-order valence-corrected chi connectivity index (χ3v) is 5.51. The monoisotopic (exact) mass is 348 g/mol. The number of hydrogen-bond acceptors (Lipinski definition) is 4. The van der Waals surface area contributed by atoms with Gasteiger partial charge in [0.25, 0.3) is 0 Å². The summed E-state index contributed by atoms with van der Waals surface area (Å²) in [5, 5.41) is 8.84. The van der Waals surface area contributed by atoms with Crippen LogP contribution in [0.3, 0.4) is 0 Å². The summed E-state index contributed by atoms with van der Waals surface area (Å²) in [4.78, 5) is -0.108. The Bertz CT molecular complexity index is 876. The first kappa shape index (κ1) is 17.9. The number of nitrogens with zero attached hydrogens (tertiary/aromatic N) is 2. The third kappa shape index (κ3) is 3.72. The molecule has 0 radical (unpaired) electrons. The van der Waals surface area contributed by atoms with Crippen LogP contribution in [0.4, 0.5) is 4.39 Å². The van der Waals surface area contributed by atoms with Crippen molar-refractivity contribution in [3.05, 3.63) is 59.4 Å². The maximum atomic E-state index is 13.4. The first-order valence-corrected chi connectivity index (χ1v) is 8.62. The Kier molecular flexibility index (Phi) is 5.54. The van der Waals surface area contributed by atoms with Crippen molar-refractivity contribution in [3.8, 4) is 11.8 Å². The largest absolute Gasteiger partial charge is 0.496 e. The fourth-order valence-corrected chi connectivity index (χ4v) is 3.44. The lowest BCUT2D eigenvalue weighted by Crippen LogP contribution is -2.29. The molecule has 0 bridgehead atoms. The number of sulfonamides is 1. The summed E-state index contributed by atoms with van der Waals surface area (Å²) >= 11 is 0. The Labute approximate surface area is 141 Å². The number of halogens is 1. The molecule has 5 nitrogen and oxygen atoms in total. The molecule has 0 fully saturated rings. The third-order valence-electron chi connectivity index (χ3n) is 3.66. The van der Waals surface area contributed by atoms with Crippen LogP contribution < -0.4 is 4.74 Å². The van der Waals surface area contributed by atoms with E-state index < -0.39 is 15.8 Å². The van der Waals surface area contributed by atoms with Crippen molar-refractivity contribution < 1.29 is 17.5 Å². The SMILES string of the molecule is COc1ccccc1CCN(C)S(=O)(=O)c1ccc(F)c(C#N)c1. The molecule has 0 aliphatic heterocycles. The second-order valence-corrected chi connectivity index (χ2v) is 7.19. The highest BCUT2D eigenvalue weighted by Crippen LogP contribution is 2.21. The number of ether oxygens (including phenoxy) is 1. The summed E-state index contributed by atoms with van der Waals surface area (Å²) in [6, 6.07) is 12.2. The van der Waals surface area contributed by atoms with Crippen LogP contribution in [-0.4, -0.2) is 33.4 Å². The van der Waals surface area contributed by atoms with Crippen LogP contribution in [0.2, 0.25) is 0 Å². The van der Waals surface area contributed by atoms with Crippen LogP contribution in [0, 0.1) is 17.1 Å². The van der Waals surface area contributed by atoms with E-state index in [-0.39, 0.29) is 17.0 Å². The summed E-state index contributed by atoms with van der Waals surface area (Å²) in [7, 11) is -0.802. The second kappa shape index (κ2) is 7.43. The van der Waals surface area contributed by atoms with Crippen LogP contribution in [0.25, 0.3) is 0 Å². The highest BCUT2D eigenvalue weighted by molar-refractivity contribution is 7.89. The van der Waals surface area contributed by atoms with E-state index in [1.807, 2.05) is 24.3 Å². The number of rotatable bonds is 6. The molecular weight excluding hydrogens is 331 g/mol. The highest BCUT2D eigenvalue weighted by Gasteiger charge is 2.22.